The Morgan fingerprint density at radius 1 is 1.58 bits per heavy atom. The molecular weight excluding hydrogens is 154 g/mol. The fraction of sp³-hybridized carbons (Fsp3) is 0. The van der Waals surface area contributed by atoms with Crippen LogP contribution < -0.4 is 11.1 Å². The number of aliphatic imine (C=N–C) groups is 1. The molecule has 3 N–H and O–H groups in total. The summed E-state index contributed by atoms with van der Waals surface area (Å²) in [7, 11) is 0. The third-order valence-electron chi connectivity index (χ3n) is 1.10. The number of hydrogen-bond donors (Lipinski definition) is 2. The molecule has 0 fully saturated rings. The zero-order chi connectivity index (χ0) is 8.81. The SMILES string of the molecule is N#CN/C(N)=N/c1ccncc1. The lowest BCUT2D eigenvalue weighted by Crippen LogP contribution is -2.26. The lowest BCUT2D eigenvalue weighted by molar-refractivity contribution is 1.21. The van der Waals surface area contributed by atoms with E-state index in [1.165, 1.54) is 0 Å². The summed E-state index contributed by atoms with van der Waals surface area (Å²) in [5.74, 6) is 0.0729. The Balaban J connectivity index is 2.76. The first kappa shape index (κ1) is 8.01. The van der Waals surface area contributed by atoms with E-state index in [2.05, 4.69) is 15.3 Å². The number of nitrogens with one attached hydrogen (secondary N) is 1. The molecule has 0 radical (unpaired) electrons. The molecule has 1 aromatic heterocycles. The average molecular weight is 161 g/mol. The number of nitrogens with two attached hydrogens (primary N) is 1. The number of nitrogens with zero attached hydrogens (tertiary/aromatic N) is 3. The van der Waals surface area contributed by atoms with Crippen LogP contribution in [0.4, 0.5) is 5.69 Å². The van der Waals surface area contributed by atoms with E-state index in [0.717, 1.165) is 0 Å². The van der Waals surface area contributed by atoms with Gasteiger partial charge >= 0.3 is 0 Å². The predicted octanol–water partition coefficient (Wildman–Crippen LogP) is 0.0985. The van der Waals surface area contributed by atoms with E-state index in [1.807, 2.05) is 0 Å². The summed E-state index contributed by atoms with van der Waals surface area (Å²) in [5.41, 5.74) is 5.97. The van der Waals surface area contributed by atoms with Gasteiger partial charge in [-0.05, 0) is 12.1 Å². The van der Waals surface area contributed by atoms with Crippen molar-refractivity contribution < 1.29 is 0 Å². The minimum atomic E-state index is 0.0729. The smallest absolute Gasteiger partial charge is 0.207 e. The third-order valence-corrected chi connectivity index (χ3v) is 1.10. The molecule has 0 amide bonds. The molecule has 0 aliphatic heterocycles. The van der Waals surface area contributed by atoms with Gasteiger partial charge in [-0.15, -0.1) is 0 Å². The maximum absolute atomic E-state index is 8.18. The van der Waals surface area contributed by atoms with E-state index in [1.54, 1.807) is 30.7 Å². The minimum Gasteiger partial charge on any atom is -0.369 e. The highest BCUT2D eigenvalue weighted by Gasteiger charge is 1.89. The standard InChI is InChI=1S/C7H7N5/c8-5-11-7(9)12-6-1-3-10-4-2-6/h1-4H,(H3,9,10,11,12). The largest absolute Gasteiger partial charge is 0.369 e. The Morgan fingerprint density at radius 3 is 2.83 bits per heavy atom. The molecule has 12 heavy (non-hydrogen) atoms. The van der Waals surface area contributed by atoms with Crippen molar-refractivity contribution in [2.75, 3.05) is 0 Å². The van der Waals surface area contributed by atoms with Crippen LogP contribution in [0.5, 0.6) is 0 Å². The van der Waals surface area contributed by atoms with Crippen molar-refractivity contribution in [1.82, 2.24) is 10.3 Å². The highest BCUT2D eigenvalue weighted by Crippen LogP contribution is 2.06. The number of nitriles is 1. The second-order valence-corrected chi connectivity index (χ2v) is 1.94. The number of pyridine rings is 1. The molecule has 0 saturated heterocycles. The van der Waals surface area contributed by atoms with Crippen LogP contribution >= 0.6 is 0 Å². The Bertz CT molecular complexity index is 310. The van der Waals surface area contributed by atoms with Gasteiger partial charge in [-0.25, -0.2) is 4.99 Å². The molecule has 1 rings (SSSR count). The summed E-state index contributed by atoms with van der Waals surface area (Å²) in [6.45, 7) is 0. The van der Waals surface area contributed by atoms with Crippen LogP contribution in [-0.2, 0) is 0 Å². The second-order valence-electron chi connectivity index (χ2n) is 1.94. The second kappa shape index (κ2) is 3.93. The van der Waals surface area contributed by atoms with Gasteiger partial charge in [0.2, 0.25) is 5.96 Å². The molecule has 0 atom stereocenters. The van der Waals surface area contributed by atoms with Crippen LogP contribution in [0, 0.1) is 11.5 Å². The van der Waals surface area contributed by atoms with Crippen LogP contribution in [0.25, 0.3) is 0 Å². The lowest BCUT2D eigenvalue weighted by atomic mass is 10.4. The fourth-order valence-corrected chi connectivity index (χ4v) is 0.643. The van der Waals surface area contributed by atoms with Crippen molar-refractivity contribution in [1.29, 1.82) is 5.26 Å². The lowest BCUT2D eigenvalue weighted by Gasteiger charge is -1.94. The van der Waals surface area contributed by atoms with Crippen molar-refractivity contribution in [3.8, 4) is 6.19 Å². The first-order valence-electron chi connectivity index (χ1n) is 3.22. The van der Waals surface area contributed by atoms with Gasteiger partial charge in [-0.1, -0.05) is 0 Å². The normalized spacial score (nSPS) is 10.4. The molecular formula is C7H7N5. The predicted molar refractivity (Wildman–Crippen MR) is 44.3 cm³/mol. The topological polar surface area (TPSA) is 87.1 Å². The van der Waals surface area contributed by atoms with Crippen LogP contribution in [0.15, 0.2) is 29.5 Å². The molecule has 5 heteroatoms. The van der Waals surface area contributed by atoms with Crippen LogP contribution in [0.2, 0.25) is 0 Å². The number of hydrogen-bond acceptors (Lipinski definition) is 3. The summed E-state index contributed by atoms with van der Waals surface area (Å²) in [5, 5.41) is 10.4. The molecule has 0 aromatic carbocycles. The van der Waals surface area contributed by atoms with Gasteiger partial charge in [0.1, 0.15) is 0 Å². The quantitative estimate of drug-likeness (QED) is 0.264. The van der Waals surface area contributed by atoms with Crippen LogP contribution in [0.1, 0.15) is 0 Å². The monoisotopic (exact) mass is 161 g/mol. The van der Waals surface area contributed by atoms with Gasteiger partial charge in [0, 0.05) is 12.4 Å². The minimum absolute atomic E-state index is 0.0729. The van der Waals surface area contributed by atoms with Gasteiger partial charge in [0.05, 0.1) is 5.69 Å². The van der Waals surface area contributed by atoms with E-state index in [4.69, 9.17) is 11.0 Å². The first-order chi connectivity index (χ1) is 5.83. The van der Waals surface area contributed by atoms with E-state index in [0.29, 0.717) is 5.69 Å². The van der Waals surface area contributed by atoms with Gasteiger partial charge in [0.25, 0.3) is 0 Å². The Kier molecular flexibility index (Phi) is 2.62. The maximum atomic E-state index is 8.18. The summed E-state index contributed by atoms with van der Waals surface area (Å²) >= 11 is 0. The zero-order valence-corrected chi connectivity index (χ0v) is 6.23. The summed E-state index contributed by atoms with van der Waals surface area (Å²) in [6, 6.07) is 3.37. The van der Waals surface area contributed by atoms with Crippen molar-refractivity contribution in [3.05, 3.63) is 24.5 Å². The average Bonchev–Trinajstić information content (AvgIpc) is 2.06. The molecule has 1 heterocycles. The third kappa shape index (κ3) is 2.27. The fourth-order valence-electron chi connectivity index (χ4n) is 0.643. The van der Waals surface area contributed by atoms with Gasteiger partial charge in [0.15, 0.2) is 6.19 Å². The molecule has 1 aromatic rings. The maximum Gasteiger partial charge on any atom is 0.207 e. The van der Waals surface area contributed by atoms with Crippen molar-refractivity contribution in [2.24, 2.45) is 10.7 Å². The summed E-state index contributed by atoms with van der Waals surface area (Å²) in [6.07, 6.45) is 4.86. The zero-order valence-electron chi connectivity index (χ0n) is 6.23. The molecule has 0 bridgehead atoms. The van der Waals surface area contributed by atoms with Crippen LogP contribution in [0.3, 0.4) is 0 Å². The van der Waals surface area contributed by atoms with Crippen LogP contribution in [-0.4, -0.2) is 10.9 Å². The Hall–Kier alpha value is -2.09. The van der Waals surface area contributed by atoms with E-state index >= 15 is 0 Å². The first-order valence-corrected chi connectivity index (χ1v) is 3.22. The molecule has 0 spiro atoms. The summed E-state index contributed by atoms with van der Waals surface area (Å²) in [4.78, 5) is 7.67. The molecule has 60 valence electrons. The Morgan fingerprint density at radius 2 is 2.25 bits per heavy atom. The molecule has 0 aliphatic carbocycles. The molecule has 0 aliphatic rings. The van der Waals surface area contributed by atoms with Gasteiger partial charge in [-0.3, -0.25) is 10.3 Å². The van der Waals surface area contributed by atoms with Gasteiger partial charge < -0.3 is 5.73 Å². The molecule has 0 unspecified atom stereocenters. The molecule has 0 saturated carbocycles. The van der Waals surface area contributed by atoms with Crippen molar-refractivity contribution in [3.63, 3.8) is 0 Å². The number of rotatable bonds is 1. The van der Waals surface area contributed by atoms with Gasteiger partial charge in [-0.2, -0.15) is 5.26 Å². The highest BCUT2D eigenvalue weighted by atomic mass is 15.1. The van der Waals surface area contributed by atoms with E-state index in [-0.39, 0.29) is 5.96 Å². The summed E-state index contributed by atoms with van der Waals surface area (Å²) < 4.78 is 0. The molecule has 5 nitrogen and oxygen atoms in total. The van der Waals surface area contributed by atoms with E-state index < -0.39 is 0 Å². The number of aromatic nitrogens is 1. The highest BCUT2D eigenvalue weighted by molar-refractivity contribution is 5.81. The van der Waals surface area contributed by atoms with E-state index in [9.17, 15) is 0 Å². The van der Waals surface area contributed by atoms with Crippen molar-refractivity contribution >= 4 is 11.6 Å². The Labute approximate surface area is 69.6 Å². The number of guanidine groups is 1. The van der Waals surface area contributed by atoms with Crippen molar-refractivity contribution in [2.45, 2.75) is 0 Å².